The Labute approximate surface area is 255 Å². The van der Waals surface area contributed by atoms with Gasteiger partial charge in [-0.15, -0.1) is 0 Å². The van der Waals surface area contributed by atoms with Crippen LogP contribution in [-0.2, 0) is 25.7 Å². The van der Waals surface area contributed by atoms with E-state index in [0.29, 0.717) is 54.0 Å². The Morgan fingerprint density at radius 2 is 0.886 bits per heavy atom. The summed E-state index contributed by atoms with van der Waals surface area (Å²) in [5, 5.41) is 64.4. The molecule has 0 spiro atoms. The number of rotatable bonds is 8. The molecule has 6 rings (SSSR count). The van der Waals surface area contributed by atoms with E-state index in [1.165, 1.54) is 0 Å². The third-order valence-corrected chi connectivity index (χ3v) is 8.21. The molecule has 44 heavy (non-hydrogen) atoms. The van der Waals surface area contributed by atoms with Gasteiger partial charge in [0.1, 0.15) is 28.7 Å². The first-order valence-corrected chi connectivity index (χ1v) is 14.6. The molecular weight excluding hydrogens is 552 g/mol. The maximum Gasteiger partial charge on any atom is 0.127 e. The highest BCUT2D eigenvalue weighted by atomic mass is 16.3. The van der Waals surface area contributed by atoms with E-state index in [2.05, 4.69) is 0 Å². The number of aliphatic hydroxyl groups is 1. The molecule has 0 aromatic heterocycles. The van der Waals surface area contributed by atoms with Gasteiger partial charge in [-0.2, -0.15) is 0 Å². The minimum atomic E-state index is -0.525. The van der Waals surface area contributed by atoms with Crippen molar-refractivity contribution in [3.63, 3.8) is 0 Å². The molecule has 1 aliphatic rings. The van der Waals surface area contributed by atoms with E-state index in [1.807, 2.05) is 60.7 Å². The van der Waals surface area contributed by atoms with Crippen molar-refractivity contribution in [1.29, 1.82) is 0 Å². The van der Waals surface area contributed by atoms with Crippen LogP contribution in [0.15, 0.2) is 109 Å². The molecule has 1 atom stereocenters. The van der Waals surface area contributed by atoms with Gasteiger partial charge < -0.3 is 30.6 Å². The summed E-state index contributed by atoms with van der Waals surface area (Å²) in [6.07, 6.45) is 7.41. The van der Waals surface area contributed by atoms with Gasteiger partial charge in [-0.1, -0.05) is 66.8 Å². The standard InChI is InChI=1S/C38H34O6/c39-31-9-1-23(2-10-31)17-27-21-29(19-25-5-13-33(41)14-6-25)38(44)36-28(18-24-3-11-32(40)12-4-24)22-30(37(43)35(27)36)20-26-7-15-34(42)16-8-26/h1-11,13-16,21-22,32,39-44H,12,17-20H2. The number of hydrogen-bond donors (Lipinski definition) is 6. The van der Waals surface area contributed by atoms with Gasteiger partial charge in [0.2, 0.25) is 0 Å². The van der Waals surface area contributed by atoms with Crippen molar-refractivity contribution in [1.82, 2.24) is 0 Å². The SMILES string of the molecule is Oc1ccc(Cc2cc(Cc3ccc(O)cc3)c3c(O)c(Cc4ccc(O)cc4)cc(CC4=CCC(O)C=C4)c3c2O)cc1. The zero-order chi connectivity index (χ0) is 30.8. The fourth-order valence-corrected chi connectivity index (χ4v) is 5.94. The van der Waals surface area contributed by atoms with Crippen molar-refractivity contribution in [2.24, 2.45) is 0 Å². The molecule has 5 aromatic carbocycles. The summed E-state index contributed by atoms with van der Waals surface area (Å²) in [6.45, 7) is 0. The van der Waals surface area contributed by atoms with Gasteiger partial charge >= 0.3 is 0 Å². The van der Waals surface area contributed by atoms with E-state index in [0.717, 1.165) is 33.4 Å². The van der Waals surface area contributed by atoms with Crippen LogP contribution in [0.2, 0.25) is 0 Å². The van der Waals surface area contributed by atoms with Crippen LogP contribution in [0.5, 0.6) is 28.7 Å². The Bertz CT molecular complexity index is 1870. The van der Waals surface area contributed by atoms with Crippen molar-refractivity contribution in [3.05, 3.63) is 148 Å². The molecule has 0 fully saturated rings. The van der Waals surface area contributed by atoms with Crippen LogP contribution in [0.1, 0.15) is 45.4 Å². The summed E-state index contributed by atoms with van der Waals surface area (Å²) in [5.41, 5.74) is 6.81. The number of hydrogen-bond acceptors (Lipinski definition) is 6. The third kappa shape index (κ3) is 6.26. The summed E-state index contributed by atoms with van der Waals surface area (Å²) in [4.78, 5) is 0. The Morgan fingerprint density at radius 1 is 0.500 bits per heavy atom. The molecule has 222 valence electrons. The third-order valence-electron chi connectivity index (χ3n) is 8.21. The van der Waals surface area contributed by atoms with Crippen molar-refractivity contribution in [2.45, 2.75) is 38.2 Å². The molecule has 1 aliphatic carbocycles. The highest BCUT2D eigenvalue weighted by molar-refractivity contribution is 6.00. The van der Waals surface area contributed by atoms with Crippen molar-refractivity contribution >= 4 is 10.8 Å². The largest absolute Gasteiger partial charge is 0.508 e. The van der Waals surface area contributed by atoms with Gasteiger partial charge in [-0.3, -0.25) is 0 Å². The average Bonchev–Trinajstić information content (AvgIpc) is 3.01. The topological polar surface area (TPSA) is 121 Å². The van der Waals surface area contributed by atoms with E-state index in [9.17, 15) is 30.6 Å². The summed E-state index contributed by atoms with van der Waals surface area (Å²) >= 11 is 0. The van der Waals surface area contributed by atoms with Crippen molar-refractivity contribution < 1.29 is 30.6 Å². The lowest BCUT2D eigenvalue weighted by molar-refractivity contribution is 0.225. The second-order valence-corrected chi connectivity index (χ2v) is 11.5. The number of aliphatic hydroxyl groups excluding tert-OH is 1. The van der Waals surface area contributed by atoms with Crippen molar-refractivity contribution in [3.8, 4) is 28.7 Å². The lowest BCUT2D eigenvalue weighted by Gasteiger charge is -2.21. The molecule has 5 aromatic rings. The van der Waals surface area contributed by atoms with Gasteiger partial charge in [-0.25, -0.2) is 0 Å². The van der Waals surface area contributed by atoms with E-state index >= 15 is 0 Å². The summed E-state index contributed by atoms with van der Waals surface area (Å²) in [7, 11) is 0. The minimum Gasteiger partial charge on any atom is -0.508 e. The van der Waals surface area contributed by atoms with Crippen LogP contribution in [-0.4, -0.2) is 36.7 Å². The Balaban J connectivity index is 1.57. The number of phenolic OH excluding ortho intramolecular Hbond substituents is 5. The predicted molar refractivity (Wildman–Crippen MR) is 172 cm³/mol. The first-order valence-electron chi connectivity index (χ1n) is 14.6. The van der Waals surface area contributed by atoms with Gasteiger partial charge in [0.25, 0.3) is 0 Å². The Hall–Kier alpha value is -5.20. The first kappa shape index (κ1) is 28.9. The minimum absolute atomic E-state index is 0.0840. The van der Waals surface area contributed by atoms with Gasteiger partial charge in [0.05, 0.1) is 6.10 Å². The van der Waals surface area contributed by atoms with E-state index in [-0.39, 0.29) is 28.7 Å². The van der Waals surface area contributed by atoms with Gasteiger partial charge in [0.15, 0.2) is 0 Å². The van der Waals surface area contributed by atoms with Crippen LogP contribution in [0.25, 0.3) is 10.8 Å². The van der Waals surface area contributed by atoms with Gasteiger partial charge in [-0.05, 0) is 100 Å². The predicted octanol–water partition coefficient (Wildman–Crippen LogP) is 6.93. The Kier molecular flexibility index (Phi) is 8.01. The zero-order valence-electron chi connectivity index (χ0n) is 24.1. The fraction of sp³-hybridized carbons (Fsp3) is 0.158. The summed E-state index contributed by atoms with van der Waals surface area (Å²) in [5.74, 6) is 0.664. The molecule has 1 unspecified atom stereocenters. The van der Waals surface area contributed by atoms with Crippen molar-refractivity contribution in [2.75, 3.05) is 0 Å². The smallest absolute Gasteiger partial charge is 0.127 e. The second kappa shape index (κ2) is 12.2. The number of fused-ring (bicyclic) bond motifs is 1. The molecule has 6 nitrogen and oxygen atoms in total. The number of phenols is 5. The first-order chi connectivity index (χ1) is 21.2. The normalized spacial score (nSPS) is 14.6. The van der Waals surface area contributed by atoms with E-state index in [1.54, 1.807) is 42.5 Å². The second-order valence-electron chi connectivity index (χ2n) is 11.5. The maximum absolute atomic E-state index is 11.9. The number of benzene rings is 5. The molecule has 0 saturated heterocycles. The number of allylic oxidation sites excluding steroid dienone is 2. The van der Waals surface area contributed by atoms with Crippen LogP contribution < -0.4 is 0 Å². The highest BCUT2D eigenvalue weighted by Gasteiger charge is 2.22. The monoisotopic (exact) mass is 586 g/mol. The van der Waals surface area contributed by atoms with E-state index in [4.69, 9.17) is 0 Å². The molecule has 6 N–H and O–H groups in total. The lowest BCUT2D eigenvalue weighted by Crippen LogP contribution is -2.06. The summed E-state index contributed by atoms with van der Waals surface area (Å²) in [6, 6.07) is 24.6. The van der Waals surface area contributed by atoms with Crippen LogP contribution >= 0.6 is 0 Å². The van der Waals surface area contributed by atoms with Gasteiger partial charge in [0, 0.05) is 23.6 Å². The molecule has 0 heterocycles. The Morgan fingerprint density at radius 3 is 1.27 bits per heavy atom. The fourth-order valence-electron chi connectivity index (χ4n) is 5.94. The summed E-state index contributed by atoms with van der Waals surface area (Å²) < 4.78 is 0. The van der Waals surface area contributed by atoms with Crippen LogP contribution in [0, 0.1) is 0 Å². The number of aromatic hydroxyl groups is 5. The molecule has 0 radical (unpaired) electrons. The molecule has 0 aliphatic heterocycles. The molecular formula is C38H34O6. The molecule has 6 heteroatoms. The van der Waals surface area contributed by atoms with Crippen LogP contribution in [0.4, 0.5) is 0 Å². The highest BCUT2D eigenvalue weighted by Crippen LogP contribution is 2.44. The van der Waals surface area contributed by atoms with E-state index < -0.39 is 6.10 Å². The molecule has 0 bridgehead atoms. The lowest BCUT2D eigenvalue weighted by atomic mass is 9.85. The molecule has 0 saturated carbocycles. The average molecular weight is 587 g/mol. The zero-order valence-corrected chi connectivity index (χ0v) is 24.1. The maximum atomic E-state index is 11.9. The van der Waals surface area contributed by atoms with Crippen LogP contribution in [0.3, 0.4) is 0 Å². The molecule has 0 amide bonds. The quantitative estimate of drug-likeness (QED) is 0.117.